The van der Waals surface area contributed by atoms with Gasteiger partial charge in [-0.25, -0.2) is 0 Å². The molecule has 92 valence electrons. The second-order valence-electron chi connectivity index (χ2n) is 3.58. The van der Waals surface area contributed by atoms with E-state index < -0.39 is 0 Å². The van der Waals surface area contributed by atoms with Crippen LogP contribution in [-0.4, -0.2) is 26.8 Å². The molecule has 0 aliphatic rings. The molecule has 0 saturated heterocycles. The first kappa shape index (κ1) is 12.4. The molecule has 2 rings (SSSR count). The standard InChI is InChI=1S/C12H13N5S/c18-12(17-11-5-8-15-16-9-11)14-7-4-10-3-1-2-6-13-10/h1-3,5-6,8-9H,4,7H2,(H2,14,15,17,18). The second kappa shape index (κ2) is 6.61. The van der Waals surface area contributed by atoms with Crippen LogP contribution in [-0.2, 0) is 6.42 Å². The van der Waals surface area contributed by atoms with Crippen LogP contribution in [0.2, 0.25) is 0 Å². The van der Waals surface area contributed by atoms with Crippen molar-refractivity contribution in [2.24, 2.45) is 0 Å². The van der Waals surface area contributed by atoms with E-state index in [1.807, 2.05) is 18.2 Å². The van der Waals surface area contributed by atoms with E-state index in [9.17, 15) is 0 Å². The van der Waals surface area contributed by atoms with E-state index in [0.717, 1.165) is 24.3 Å². The highest BCUT2D eigenvalue weighted by Gasteiger charge is 1.98. The van der Waals surface area contributed by atoms with Crippen molar-refractivity contribution in [3.05, 3.63) is 48.5 Å². The molecule has 0 aromatic carbocycles. The van der Waals surface area contributed by atoms with Gasteiger partial charge in [-0.2, -0.15) is 10.2 Å². The zero-order valence-electron chi connectivity index (χ0n) is 9.71. The Balaban J connectivity index is 1.73. The van der Waals surface area contributed by atoms with Crippen molar-refractivity contribution in [1.82, 2.24) is 20.5 Å². The van der Waals surface area contributed by atoms with Gasteiger partial charge in [0.25, 0.3) is 0 Å². The maximum Gasteiger partial charge on any atom is 0.170 e. The lowest BCUT2D eigenvalue weighted by atomic mass is 10.3. The van der Waals surface area contributed by atoms with Gasteiger partial charge in [-0.15, -0.1) is 0 Å². The number of nitrogens with one attached hydrogen (secondary N) is 2. The Morgan fingerprint density at radius 1 is 1.17 bits per heavy atom. The largest absolute Gasteiger partial charge is 0.362 e. The molecule has 0 radical (unpaired) electrons. The molecular formula is C12H13N5S. The van der Waals surface area contributed by atoms with Gasteiger partial charge in [0, 0.05) is 24.9 Å². The summed E-state index contributed by atoms with van der Waals surface area (Å²) >= 11 is 5.16. The van der Waals surface area contributed by atoms with Crippen molar-refractivity contribution < 1.29 is 0 Å². The van der Waals surface area contributed by atoms with Crippen molar-refractivity contribution in [1.29, 1.82) is 0 Å². The summed E-state index contributed by atoms with van der Waals surface area (Å²) in [5, 5.41) is 14.2. The van der Waals surface area contributed by atoms with Gasteiger partial charge in [0.1, 0.15) is 0 Å². The summed E-state index contributed by atoms with van der Waals surface area (Å²) in [4.78, 5) is 4.24. The summed E-state index contributed by atoms with van der Waals surface area (Å²) in [5.74, 6) is 0. The first-order valence-electron chi connectivity index (χ1n) is 5.56. The highest BCUT2D eigenvalue weighted by molar-refractivity contribution is 7.80. The number of hydrogen-bond donors (Lipinski definition) is 2. The Morgan fingerprint density at radius 2 is 2.11 bits per heavy atom. The van der Waals surface area contributed by atoms with Crippen LogP contribution in [0.5, 0.6) is 0 Å². The Morgan fingerprint density at radius 3 is 2.83 bits per heavy atom. The Hall–Kier alpha value is -2.08. The third-order valence-electron chi connectivity index (χ3n) is 2.23. The molecule has 0 spiro atoms. The van der Waals surface area contributed by atoms with Crippen LogP contribution in [0.3, 0.4) is 0 Å². The van der Waals surface area contributed by atoms with Crippen LogP contribution in [0, 0.1) is 0 Å². The van der Waals surface area contributed by atoms with Crippen LogP contribution in [0.1, 0.15) is 5.69 Å². The fourth-order valence-electron chi connectivity index (χ4n) is 1.39. The van der Waals surface area contributed by atoms with E-state index in [0.29, 0.717) is 5.11 Å². The molecule has 0 atom stereocenters. The maximum absolute atomic E-state index is 5.16. The summed E-state index contributed by atoms with van der Waals surface area (Å²) in [6.45, 7) is 0.737. The molecule has 2 aromatic rings. The summed E-state index contributed by atoms with van der Waals surface area (Å²) in [6.07, 6.45) is 5.84. The lowest BCUT2D eigenvalue weighted by Crippen LogP contribution is -2.30. The van der Waals surface area contributed by atoms with Gasteiger partial charge in [0.05, 0.1) is 18.1 Å². The summed E-state index contributed by atoms with van der Waals surface area (Å²) in [7, 11) is 0. The number of pyridine rings is 1. The molecule has 0 aliphatic carbocycles. The minimum atomic E-state index is 0.568. The van der Waals surface area contributed by atoms with Gasteiger partial charge < -0.3 is 10.6 Å². The topological polar surface area (TPSA) is 62.7 Å². The smallest absolute Gasteiger partial charge is 0.170 e. The van der Waals surface area contributed by atoms with Gasteiger partial charge in [-0.1, -0.05) is 6.07 Å². The van der Waals surface area contributed by atoms with Crippen molar-refractivity contribution in [3.8, 4) is 0 Å². The van der Waals surface area contributed by atoms with Crippen molar-refractivity contribution in [2.45, 2.75) is 6.42 Å². The van der Waals surface area contributed by atoms with Gasteiger partial charge in [-0.05, 0) is 30.4 Å². The zero-order valence-corrected chi connectivity index (χ0v) is 10.5. The number of thiocarbonyl (C=S) groups is 1. The summed E-state index contributed by atoms with van der Waals surface area (Å²) < 4.78 is 0. The molecule has 0 unspecified atom stereocenters. The fourth-order valence-corrected chi connectivity index (χ4v) is 1.61. The Bertz CT molecular complexity index is 488. The molecule has 0 bridgehead atoms. The first-order valence-corrected chi connectivity index (χ1v) is 5.97. The zero-order chi connectivity index (χ0) is 12.6. The minimum absolute atomic E-state index is 0.568. The van der Waals surface area contributed by atoms with Crippen molar-refractivity contribution in [2.75, 3.05) is 11.9 Å². The van der Waals surface area contributed by atoms with Crippen LogP contribution in [0.4, 0.5) is 5.69 Å². The van der Waals surface area contributed by atoms with Gasteiger partial charge in [0.2, 0.25) is 0 Å². The molecule has 5 nitrogen and oxygen atoms in total. The molecule has 2 heterocycles. The van der Waals surface area contributed by atoms with Crippen LogP contribution in [0.15, 0.2) is 42.9 Å². The predicted molar refractivity (Wildman–Crippen MR) is 74.2 cm³/mol. The molecule has 0 saturated carbocycles. The van der Waals surface area contributed by atoms with Crippen LogP contribution >= 0.6 is 12.2 Å². The van der Waals surface area contributed by atoms with Crippen molar-refractivity contribution in [3.63, 3.8) is 0 Å². The quantitative estimate of drug-likeness (QED) is 0.809. The highest BCUT2D eigenvalue weighted by Crippen LogP contribution is 2.00. The highest BCUT2D eigenvalue weighted by atomic mass is 32.1. The molecule has 2 N–H and O–H groups in total. The van der Waals surface area contributed by atoms with Gasteiger partial charge >= 0.3 is 0 Å². The van der Waals surface area contributed by atoms with Gasteiger partial charge in [0.15, 0.2) is 5.11 Å². The Kier molecular flexibility index (Phi) is 4.54. The van der Waals surface area contributed by atoms with Crippen molar-refractivity contribution >= 4 is 23.0 Å². The average molecular weight is 259 g/mol. The number of aromatic nitrogens is 3. The lowest BCUT2D eigenvalue weighted by Gasteiger charge is -2.09. The fraction of sp³-hybridized carbons (Fsp3) is 0.167. The third kappa shape index (κ3) is 4.06. The maximum atomic E-state index is 5.16. The van der Waals surface area contributed by atoms with E-state index in [1.54, 1.807) is 24.7 Å². The lowest BCUT2D eigenvalue weighted by molar-refractivity contribution is 0.847. The van der Waals surface area contributed by atoms with E-state index in [1.165, 1.54) is 0 Å². The summed E-state index contributed by atoms with van der Waals surface area (Å²) in [6, 6.07) is 7.67. The predicted octanol–water partition coefficient (Wildman–Crippen LogP) is 1.40. The molecule has 0 amide bonds. The first-order chi connectivity index (χ1) is 8.84. The van der Waals surface area contributed by atoms with Crippen LogP contribution < -0.4 is 10.6 Å². The van der Waals surface area contributed by atoms with Gasteiger partial charge in [-0.3, -0.25) is 4.98 Å². The molecular weight excluding hydrogens is 246 g/mol. The average Bonchev–Trinajstić information content (AvgIpc) is 2.41. The van der Waals surface area contributed by atoms with E-state index in [4.69, 9.17) is 12.2 Å². The normalized spacial score (nSPS) is 9.78. The Labute approximate surface area is 111 Å². The monoisotopic (exact) mass is 259 g/mol. The summed E-state index contributed by atoms with van der Waals surface area (Å²) in [5.41, 5.74) is 1.86. The SMILES string of the molecule is S=C(NCCc1ccccn1)Nc1ccnnc1. The number of anilines is 1. The minimum Gasteiger partial charge on any atom is -0.362 e. The van der Waals surface area contributed by atoms with E-state index in [2.05, 4.69) is 25.8 Å². The number of nitrogens with zero attached hydrogens (tertiary/aromatic N) is 3. The molecule has 18 heavy (non-hydrogen) atoms. The number of hydrogen-bond acceptors (Lipinski definition) is 4. The molecule has 0 aliphatic heterocycles. The van der Waals surface area contributed by atoms with Crippen LogP contribution in [0.25, 0.3) is 0 Å². The molecule has 6 heteroatoms. The van der Waals surface area contributed by atoms with E-state index >= 15 is 0 Å². The number of rotatable bonds is 4. The molecule has 0 fully saturated rings. The molecule has 2 aromatic heterocycles. The van der Waals surface area contributed by atoms with E-state index in [-0.39, 0.29) is 0 Å². The third-order valence-corrected chi connectivity index (χ3v) is 2.48. The second-order valence-corrected chi connectivity index (χ2v) is 3.99.